The van der Waals surface area contributed by atoms with Crippen molar-refractivity contribution in [2.24, 2.45) is 0 Å². The lowest BCUT2D eigenvalue weighted by atomic mass is 10.2. The molecular weight excluding hydrogens is 300 g/mol. The Morgan fingerprint density at radius 3 is 2.57 bits per heavy atom. The molecule has 1 aliphatic heterocycles. The predicted molar refractivity (Wildman–Crippen MR) is 86.8 cm³/mol. The third kappa shape index (κ3) is 4.17. The number of benzene rings is 1. The molecule has 1 aromatic carbocycles. The third-order valence-electron chi connectivity index (χ3n) is 4.12. The largest absolute Gasteiger partial charge is 0.496 e. The smallest absolute Gasteiger partial charge is 0.296 e. The zero-order chi connectivity index (χ0) is 17.0. The molecular formula is C15H22N4O4. The Kier molecular flexibility index (Phi) is 5.51. The summed E-state index contributed by atoms with van der Waals surface area (Å²) in [6.07, 6.45) is 0. The molecule has 0 aromatic heterocycles. The van der Waals surface area contributed by atoms with Gasteiger partial charge in [-0.3, -0.25) is 19.8 Å². The van der Waals surface area contributed by atoms with Gasteiger partial charge in [-0.2, -0.15) is 0 Å². The minimum Gasteiger partial charge on any atom is -0.496 e. The summed E-state index contributed by atoms with van der Waals surface area (Å²) >= 11 is 0. The fourth-order valence-electron chi connectivity index (χ4n) is 2.51. The van der Waals surface area contributed by atoms with Gasteiger partial charge < -0.3 is 15.0 Å². The first-order valence-electron chi connectivity index (χ1n) is 7.48. The van der Waals surface area contributed by atoms with Crippen LogP contribution in [0.1, 0.15) is 6.92 Å². The van der Waals surface area contributed by atoms with Gasteiger partial charge in [0.25, 0.3) is 5.69 Å². The number of piperazine rings is 1. The average molecular weight is 322 g/mol. The Balaban J connectivity index is 2.09. The number of carbonyl (C=O) groups excluding carboxylic acids is 1. The first kappa shape index (κ1) is 17.2. The summed E-state index contributed by atoms with van der Waals surface area (Å²) in [6, 6.07) is 4.04. The summed E-state index contributed by atoms with van der Waals surface area (Å²) < 4.78 is 4.99. The van der Waals surface area contributed by atoms with Gasteiger partial charge in [-0.15, -0.1) is 0 Å². The van der Waals surface area contributed by atoms with E-state index in [1.165, 1.54) is 19.2 Å². The topological polar surface area (TPSA) is 88.0 Å². The number of likely N-dealkylation sites (N-methyl/N-ethyl adjacent to an activating group) is 1. The first-order valence-corrected chi connectivity index (χ1v) is 7.48. The van der Waals surface area contributed by atoms with E-state index in [9.17, 15) is 14.9 Å². The summed E-state index contributed by atoms with van der Waals surface area (Å²) in [7, 11) is 3.48. The lowest BCUT2D eigenvalue weighted by Gasteiger charge is -2.35. The van der Waals surface area contributed by atoms with Crippen molar-refractivity contribution >= 4 is 17.3 Å². The van der Waals surface area contributed by atoms with Gasteiger partial charge in [0.2, 0.25) is 5.91 Å². The van der Waals surface area contributed by atoms with Crippen LogP contribution < -0.4 is 10.1 Å². The molecule has 2 rings (SSSR count). The molecule has 0 radical (unpaired) electrons. The molecule has 1 atom stereocenters. The van der Waals surface area contributed by atoms with E-state index in [2.05, 4.69) is 15.1 Å². The molecule has 1 saturated heterocycles. The van der Waals surface area contributed by atoms with Crippen molar-refractivity contribution in [1.82, 2.24) is 9.80 Å². The highest BCUT2D eigenvalue weighted by atomic mass is 16.6. The zero-order valence-electron chi connectivity index (χ0n) is 13.6. The number of amides is 1. The van der Waals surface area contributed by atoms with Crippen LogP contribution in [0.15, 0.2) is 18.2 Å². The average Bonchev–Trinajstić information content (AvgIpc) is 2.55. The van der Waals surface area contributed by atoms with Crippen LogP contribution in [-0.4, -0.2) is 67.0 Å². The van der Waals surface area contributed by atoms with E-state index < -0.39 is 4.92 Å². The molecule has 1 amide bonds. The van der Waals surface area contributed by atoms with Crippen molar-refractivity contribution < 1.29 is 14.5 Å². The first-order chi connectivity index (χ1) is 10.9. The second-order valence-electron chi connectivity index (χ2n) is 5.64. The summed E-state index contributed by atoms with van der Waals surface area (Å²) in [5.41, 5.74) is 0.00468. The second-order valence-corrected chi connectivity index (χ2v) is 5.64. The van der Waals surface area contributed by atoms with E-state index in [-0.39, 0.29) is 23.3 Å². The summed E-state index contributed by atoms with van der Waals surface area (Å²) in [5, 5.41) is 13.8. The van der Waals surface area contributed by atoms with Crippen LogP contribution in [0.4, 0.5) is 11.4 Å². The zero-order valence-corrected chi connectivity index (χ0v) is 13.6. The van der Waals surface area contributed by atoms with E-state index in [1.54, 1.807) is 6.07 Å². The standard InChI is InChI=1S/C15H22N4O4/c1-11(18-8-6-17(2)7-9-18)15(20)16-13-5-4-12(23-3)10-14(13)19(21)22/h4-5,10-11H,6-9H2,1-3H3,(H,16,20)/t11-/m0/s1. The minimum atomic E-state index is -0.529. The Morgan fingerprint density at radius 2 is 2.00 bits per heavy atom. The fourth-order valence-corrected chi connectivity index (χ4v) is 2.51. The SMILES string of the molecule is COc1ccc(NC(=O)[C@H](C)N2CCN(C)CC2)c([N+](=O)[O-])c1. The molecule has 0 unspecified atom stereocenters. The Morgan fingerprint density at radius 1 is 1.35 bits per heavy atom. The summed E-state index contributed by atoms with van der Waals surface area (Å²) in [5.74, 6) is 0.129. The third-order valence-corrected chi connectivity index (χ3v) is 4.12. The van der Waals surface area contributed by atoms with Crippen LogP contribution >= 0.6 is 0 Å². The fraction of sp³-hybridized carbons (Fsp3) is 0.533. The molecule has 0 bridgehead atoms. The molecule has 1 heterocycles. The van der Waals surface area contributed by atoms with Crippen LogP contribution in [0.3, 0.4) is 0 Å². The van der Waals surface area contributed by atoms with Gasteiger partial charge in [0, 0.05) is 26.2 Å². The van der Waals surface area contributed by atoms with Crippen molar-refractivity contribution in [2.75, 3.05) is 45.7 Å². The van der Waals surface area contributed by atoms with Crippen LogP contribution in [0.5, 0.6) is 5.75 Å². The molecule has 1 aliphatic rings. The van der Waals surface area contributed by atoms with Crippen LogP contribution in [0, 0.1) is 10.1 Å². The summed E-state index contributed by atoms with van der Waals surface area (Å²) in [4.78, 5) is 27.3. The predicted octanol–water partition coefficient (Wildman–Crippen LogP) is 1.18. The molecule has 8 heteroatoms. The Labute approximate surface area is 135 Å². The highest BCUT2D eigenvalue weighted by Crippen LogP contribution is 2.29. The number of anilines is 1. The van der Waals surface area contributed by atoms with E-state index in [0.29, 0.717) is 5.75 Å². The van der Waals surface area contributed by atoms with E-state index in [4.69, 9.17) is 4.74 Å². The van der Waals surface area contributed by atoms with Gasteiger partial charge in [0.1, 0.15) is 11.4 Å². The van der Waals surface area contributed by atoms with Crippen molar-refractivity contribution in [3.63, 3.8) is 0 Å². The monoisotopic (exact) mass is 322 g/mol. The van der Waals surface area contributed by atoms with Crippen molar-refractivity contribution in [2.45, 2.75) is 13.0 Å². The normalized spacial score (nSPS) is 17.5. The number of methoxy groups -OCH3 is 1. The number of hydrogen-bond donors (Lipinski definition) is 1. The molecule has 1 fully saturated rings. The molecule has 0 aliphatic carbocycles. The Hall–Kier alpha value is -2.19. The minimum absolute atomic E-state index is 0.178. The number of nitrogens with one attached hydrogen (secondary N) is 1. The molecule has 1 N–H and O–H groups in total. The quantitative estimate of drug-likeness (QED) is 0.647. The maximum atomic E-state index is 12.4. The molecule has 1 aromatic rings. The van der Waals surface area contributed by atoms with Gasteiger partial charge in [-0.05, 0) is 26.1 Å². The van der Waals surface area contributed by atoms with Crippen molar-refractivity contribution in [3.05, 3.63) is 28.3 Å². The Bertz CT molecular complexity index is 585. The van der Waals surface area contributed by atoms with Gasteiger partial charge in [0.05, 0.1) is 24.1 Å². The van der Waals surface area contributed by atoms with E-state index >= 15 is 0 Å². The number of nitro benzene ring substituents is 1. The van der Waals surface area contributed by atoms with Crippen molar-refractivity contribution in [3.8, 4) is 5.75 Å². The number of carbonyl (C=O) groups is 1. The van der Waals surface area contributed by atoms with E-state index in [0.717, 1.165) is 26.2 Å². The number of rotatable bonds is 5. The number of nitrogens with zero attached hydrogens (tertiary/aromatic N) is 3. The number of hydrogen-bond acceptors (Lipinski definition) is 6. The maximum Gasteiger partial charge on any atom is 0.296 e. The van der Waals surface area contributed by atoms with Crippen LogP contribution in [-0.2, 0) is 4.79 Å². The molecule has 23 heavy (non-hydrogen) atoms. The molecule has 126 valence electrons. The van der Waals surface area contributed by atoms with E-state index in [1.807, 2.05) is 14.0 Å². The van der Waals surface area contributed by atoms with Gasteiger partial charge >= 0.3 is 0 Å². The number of nitro groups is 1. The highest BCUT2D eigenvalue weighted by Gasteiger charge is 2.26. The van der Waals surface area contributed by atoms with Crippen LogP contribution in [0.25, 0.3) is 0 Å². The van der Waals surface area contributed by atoms with Crippen molar-refractivity contribution in [1.29, 1.82) is 0 Å². The van der Waals surface area contributed by atoms with Gasteiger partial charge in [0.15, 0.2) is 0 Å². The number of ether oxygens (including phenoxy) is 1. The summed E-state index contributed by atoms with van der Waals surface area (Å²) in [6.45, 7) is 5.22. The lowest BCUT2D eigenvalue weighted by Crippen LogP contribution is -2.51. The highest BCUT2D eigenvalue weighted by molar-refractivity contribution is 5.96. The lowest BCUT2D eigenvalue weighted by molar-refractivity contribution is -0.384. The van der Waals surface area contributed by atoms with Gasteiger partial charge in [-0.25, -0.2) is 0 Å². The van der Waals surface area contributed by atoms with Crippen LogP contribution in [0.2, 0.25) is 0 Å². The molecule has 0 saturated carbocycles. The second kappa shape index (κ2) is 7.38. The van der Waals surface area contributed by atoms with Gasteiger partial charge in [-0.1, -0.05) is 0 Å². The maximum absolute atomic E-state index is 12.4. The molecule has 0 spiro atoms. The molecule has 8 nitrogen and oxygen atoms in total.